The summed E-state index contributed by atoms with van der Waals surface area (Å²) in [4.78, 5) is 5.38. The lowest BCUT2D eigenvalue weighted by molar-refractivity contribution is 0.221. The Balaban J connectivity index is 2.21. The van der Waals surface area contributed by atoms with Gasteiger partial charge in [-0.05, 0) is 37.9 Å². The molecule has 0 atom stereocenters. The van der Waals surface area contributed by atoms with Gasteiger partial charge in [0.15, 0.2) is 0 Å². The SMILES string of the molecule is CCN1CCC(N(C)c2c(C)cccc2C(N)=S)CC1. The van der Waals surface area contributed by atoms with Gasteiger partial charge in [-0.3, -0.25) is 0 Å². The zero-order valence-electron chi connectivity index (χ0n) is 12.7. The molecule has 0 bridgehead atoms. The fraction of sp³-hybridized carbons (Fsp3) is 0.562. The highest BCUT2D eigenvalue weighted by molar-refractivity contribution is 7.80. The van der Waals surface area contributed by atoms with Crippen molar-refractivity contribution in [3.63, 3.8) is 0 Å². The Morgan fingerprint density at radius 1 is 1.40 bits per heavy atom. The van der Waals surface area contributed by atoms with Crippen LogP contribution in [0.5, 0.6) is 0 Å². The van der Waals surface area contributed by atoms with E-state index in [1.54, 1.807) is 0 Å². The minimum absolute atomic E-state index is 0.488. The van der Waals surface area contributed by atoms with Crippen LogP contribution in [0, 0.1) is 6.92 Å². The normalized spacial score (nSPS) is 17.1. The first-order chi connectivity index (χ1) is 9.54. The minimum Gasteiger partial charge on any atom is -0.389 e. The lowest BCUT2D eigenvalue weighted by Gasteiger charge is -2.38. The standard InChI is InChI=1S/C16H25N3S/c1-4-19-10-8-13(9-11-19)18(3)15-12(2)6-5-7-14(15)16(17)20/h5-7,13H,4,8-11H2,1-3H3,(H2,17,20). The molecule has 1 aliphatic rings. The number of aryl methyl sites for hydroxylation is 1. The van der Waals surface area contributed by atoms with Gasteiger partial charge in [-0.2, -0.15) is 0 Å². The number of hydrogen-bond donors (Lipinski definition) is 1. The number of anilines is 1. The fourth-order valence-corrected chi connectivity index (χ4v) is 3.30. The fourth-order valence-electron chi connectivity index (χ4n) is 3.13. The third-order valence-corrected chi connectivity index (χ3v) is 4.63. The molecule has 0 aromatic heterocycles. The maximum absolute atomic E-state index is 5.89. The van der Waals surface area contributed by atoms with Crippen LogP contribution in [0.4, 0.5) is 5.69 Å². The Bertz CT molecular complexity index is 479. The van der Waals surface area contributed by atoms with E-state index in [1.165, 1.54) is 37.2 Å². The average molecular weight is 291 g/mol. The Morgan fingerprint density at radius 3 is 2.60 bits per heavy atom. The van der Waals surface area contributed by atoms with E-state index >= 15 is 0 Å². The van der Waals surface area contributed by atoms with Crippen molar-refractivity contribution in [3.8, 4) is 0 Å². The van der Waals surface area contributed by atoms with E-state index in [0.717, 1.165) is 12.1 Å². The van der Waals surface area contributed by atoms with Gasteiger partial charge in [0.1, 0.15) is 4.99 Å². The van der Waals surface area contributed by atoms with Crippen LogP contribution in [0.3, 0.4) is 0 Å². The van der Waals surface area contributed by atoms with Crippen LogP contribution < -0.4 is 10.6 Å². The second-order valence-electron chi connectivity index (χ2n) is 5.61. The van der Waals surface area contributed by atoms with Crippen LogP contribution in [-0.2, 0) is 0 Å². The summed E-state index contributed by atoms with van der Waals surface area (Å²) in [6.07, 6.45) is 2.41. The molecule has 1 fully saturated rings. The minimum atomic E-state index is 0.488. The number of nitrogens with zero attached hydrogens (tertiary/aromatic N) is 2. The Hall–Kier alpha value is -1.13. The molecule has 0 spiro atoms. The van der Waals surface area contributed by atoms with Crippen molar-refractivity contribution in [2.24, 2.45) is 5.73 Å². The van der Waals surface area contributed by atoms with Crippen LogP contribution in [0.15, 0.2) is 18.2 Å². The zero-order valence-corrected chi connectivity index (χ0v) is 13.5. The van der Waals surface area contributed by atoms with Gasteiger partial charge in [0.2, 0.25) is 0 Å². The first-order valence-corrected chi connectivity index (χ1v) is 7.80. The number of para-hydroxylation sites is 1. The molecule has 1 aromatic carbocycles. The quantitative estimate of drug-likeness (QED) is 0.864. The van der Waals surface area contributed by atoms with Crippen molar-refractivity contribution in [2.45, 2.75) is 32.7 Å². The highest BCUT2D eigenvalue weighted by Crippen LogP contribution is 2.29. The molecule has 0 aliphatic carbocycles. The molecule has 0 unspecified atom stereocenters. The van der Waals surface area contributed by atoms with E-state index in [-0.39, 0.29) is 0 Å². The highest BCUT2D eigenvalue weighted by Gasteiger charge is 2.24. The summed E-state index contributed by atoms with van der Waals surface area (Å²) >= 11 is 5.21. The Morgan fingerprint density at radius 2 is 2.05 bits per heavy atom. The van der Waals surface area contributed by atoms with Gasteiger partial charge in [0.05, 0.1) is 0 Å². The van der Waals surface area contributed by atoms with Gasteiger partial charge in [-0.1, -0.05) is 31.3 Å². The molecule has 1 aliphatic heterocycles. The molecule has 0 saturated carbocycles. The maximum Gasteiger partial charge on any atom is 0.106 e. The molecule has 3 nitrogen and oxygen atoms in total. The summed E-state index contributed by atoms with van der Waals surface area (Å²) in [5.41, 5.74) is 9.34. The molecule has 2 N–H and O–H groups in total. The van der Waals surface area contributed by atoms with Crippen molar-refractivity contribution in [3.05, 3.63) is 29.3 Å². The molecule has 0 radical (unpaired) electrons. The summed E-state index contributed by atoms with van der Waals surface area (Å²) in [5, 5.41) is 0. The van der Waals surface area contributed by atoms with Gasteiger partial charge in [-0.25, -0.2) is 0 Å². The van der Waals surface area contributed by atoms with E-state index < -0.39 is 0 Å². The van der Waals surface area contributed by atoms with Crippen LogP contribution in [0.2, 0.25) is 0 Å². The molecule has 1 aromatic rings. The number of piperidine rings is 1. The zero-order chi connectivity index (χ0) is 14.7. The first-order valence-electron chi connectivity index (χ1n) is 7.39. The maximum atomic E-state index is 5.89. The van der Waals surface area contributed by atoms with Crippen LogP contribution >= 0.6 is 12.2 Å². The topological polar surface area (TPSA) is 32.5 Å². The van der Waals surface area contributed by atoms with Gasteiger partial charge in [-0.15, -0.1) is 0 Å². The average Bonchev–Trinajstić information content (AvgIpc) is 2.46. The number of rotatable bonds is 4. The number of thiocarbonyl (C=S) groups is 1. The molecular formula is C16H25N3S. The van der Waals surface area contributed by atoms with Crippen molar-refractivity contribution in [1.82, 2.24) is 4.90 Å². The third kappa shape index (κ3) is 3.13. The van der Waals surface area contributed by atoms with Crippen molar-refractivity contribution in [1.29, 1.82) is 0 Å². The monoisotopic (exact) mass is 291 g/mol. The van der Waals surface area contributed by atoms with Crippen molar-refractivity contribution >= 4 is 22.9 Å². The largest absolute Gasteiger partial charge is 0.389 e. The Kier molecular flexibility index (Phi) is 5.00. The summed E-state index contributed by atoms with van der Waals surface area (Å²) < 4.78 is 0. The molecule has 20 heavy (non-hydrogen) atoms. The molecule has 4 heteroatoms. The van der Waals surface area contributed by atoms with Gasteiger partial charge >= 0.3 is 0 Å². The van der Waals surface area contributed by atoms with E-state index in [1.807, 2.05) is 12.1 Å². The number of hydrogen-bond acceptors (Lipinski definition) is 3. The summed E-state index contributed by atoms with van der Waals surface area (Å²) in [6.45, 7) is 7.88. The molecule has 1 heterocycles. The Labute approximate surface area is 127 Å². The smallest absolute Gasteiger partial charge is 0.106 e. The highest BCUT2D eigenvalue weighted by atomic mass is 32.1. The second kappa shape index (κ2) is 6.55. The summed E-state index contributed by atoms with van der Waals surface area (Å²) in [5.74, 6) is 0. The van der Waals surface area contributed by atoms with Crippen LogP contribution in [-0.4, -0.2) is 42.6 Å². The predicted octanol–water partition coefficient (Wildman–Crippen LogP) is 2.55. The van der Waals surface area contributed by atoms with Crippen LogP contribution in [0.1, 0.15) is 30.9 Å². The lowest BCUT2D eigenvalue weighted by atomic mass is 10.00. The van der Waals surface area contributed by atoms with Gasteiger partial charge < -0.3 is 15.5 Å². The van der Waals surface area contributed by atoms with Crippen molar-refractivity contribution in [2.75, 3.05) is 31.6 Å². The number of benzene rings is 1. The predicted molar refractivity (Wildman–Crippen MR) is 90.6 cm³/mol. The van der Waals surface area contributed by atoms with E-state index in [2.05, 4.69) is 36.8 Å². The molecule has 1 saturated heterocycles. The number of nitrogens with two attached hydrogens (primary N) is 1. The third-order valence-electron chi connectivity index (χ3n) is 4.41. The second-order valence-corrected chi connectivity index (χ2v) is 6.05. The molecule has 0 amide bonds. The molecular weight excluding hydrogens is 266 g/mol. The van der Waals surface area contributed by atoms with Crippen LogP contribution in [0.25, 0.3) is 0 Å². The summed E-state index contributed by atoms with van der Waals surface area (Å²) in [7, 11) is 2.18. The summed E-state index contributed by atoms with van der Waals surface area (Å²) in [6, 6.07) is 6.77. The van der Waals surface area contributed by atoms with Gasteiger partial charge in [0.25, 0.3) is 0 Å². The first kappa shape index (κ1) is 15.3. The molecule has 110 valence electrons. The van der Waals surface area contributed by atoms with E-state index in [4.69, 9.17) is 18.0 Å². The van der Waals surface area contributed by atoms with Crippen molar-refractivity contribution < 1.29 is 0 Å². The number of likely N-dealkylation sites (tertiary alicyclic amines) is 1. The molecule has 2 rings (SSSR count). The lowest BCUT2D eigenvalue weighted by Crippen LogP contribution is -2.44. The van der Waals surface area contributed by atoms with Gasteiger partial charge in [0, 0.05) is 37.4 Å². The van der Waals surface area contributed by atoms with E-state index in [9.17, 15) is 0 Å². The van der Waals surface area contributed by atoms with E-state index in [0.29, 0.717) is 11.0 Å².